The number of nitrogens with zero attached hydrogens (tertiary/aromatic N) is 1. The van der Waals surface area contributed by atoms with Gasteiger partial charge in [-0.3, -0.25) is 9.59 Å². The number of hydrogen-bond donors (Lipinski definition) is 1. The Balaban J connectivity index is 1.99. The van der Waals surface area contributed by atoms with Crippen molar-refractivity contribution < 1.29 is 28.2 Å². The molecule has 0 atom stereocenters. The molecule has 8 heteroatoms. The Labute approximate surface area is 168 Å². The van der Waals surface area contributed by atoms with Crippen molar-refractivity contribution >= 4 is 23.5 Å². The fourth-order valence-electron chi connectivity index (χ4n) is 2.44. The van der Waals surface area contributed by atoms with E-state index in [0.29, 0.717) is 18.0 Å². The number of halogens is 1. The highest BCUT2D eigenvalue weighted by molar-refractivity contribution is 5.97. The van der Waals surface area contributed by atoms with E-state index in [2.05, 4.69) is 0 Å². The monoisotopic (exact) mass is 402 g/mol. The van der Waals surface area contributed by atoms with Gasteiger partial charge in [0.1, 0.15) is 11.6 Å². The summed E-state index contributed by atoms with van der Waals surface area (Å²) in [6.45, 7) is 2.01. The second kappa shape index (κ2) is 10.8. The van der Waals surface area contributed by atoms with Crippen molar-refractivity contribution in [2.75, 3.05) is 24.7 Å². The zero-order chi connectivity index (χ0) is 21.2. The van der Waals surface area contributed by atoms with Crippen LogP contribution in [0.15, 0.2) is 48.5 Å². The van der Waals surface area contributed by atoms with Crippen LogP contribution in [0.3, 0.4) is 0 Å². The molecule has 0 saturated carbocycles. The highest BCUT2D eigenvalue weighted by Crippen LogP contribution is 2.17. The van der Waals surface area contributed by atoms with Gasteiger partial charge in [-0.15, -0.1) is 0 Å². The van der Waals surface area contributed by atoms with Gasteiger partial charge in [0, 0.05) is 18.7 Å². The van der Waals surface area contributed by atoms with Gasteiger partial charge in [0.05, 0.1) is 12.2 Å². The summed E-state index contributed by atoms with van der Waals surface area (Å²) in [5.41, 5.74) is 5.79. The summed E-state index contributed by atoms with van der Waals surface area (Å²) in [7, 11) is 0. The summed E-state index contributed by atoms with van der Waals surface area (Å²) in [6, 6.07) is 11.5. The Bertz CT molecular complexity index is 837. The molecule has 0 saturated heterocycles. The Morgan fingerprint density at radius 3 is 2.28 bits per heavy atom. The highest BCUT2D eigenvalue weighted by Gasteiger charge is 2.19. The molecule has 2 N–H and O–H groups in total. The van der Waals surface area contributed by atoms with E-state index in [1.54, 1.807) is 24.3 Å². The van der Waals surface area contributed by atoms with E-state index in [1.807, 2.05) is 6.92 Å². The minimum absolute atomic E-state index is 0.0131. The van der Waals surface area contributed by atoms with E-state index in [9.17, 15) is 18.8 Å². The van der Waals surface area contributed by atoms with Crippen LogP contribution in [0.5, 0.6) is 5.75 Å². The van der Waals surface area contributed by atoms with Crippen molar-refractivity contribution in [1.29, 1.82) is 0 Å². The van der Waals surface area contributed by atoms with Crippen molar-refractivity contribution in [2.45, 2.75) is 19.8 Å². The van der Waals surface area contributed by atoms with Crippen LogP contribution in [0.1, 0.15) is 30.1 Å². The van der Waals surface area contributed by atoms with Crippen LogP contribution in [-0.2, 0) is 14.3 Å². The molecule has 0 fully saturated rings. The summed E-state index contributed by atoms with van der Waals surface area (Å²) < 4.78 is 23.7. The second-order valence-corrected chi connectivity index (χ2v) is 6.19. The number of nitrogens with two attached hydrogens (primary N) is 1. The molecule has 154 valence electrons. The van der Waals surface area contributed by atoms with Crippen LogP contribution < -0.4 is 15.4 Å². The molecule has 29 heavy (non-hydrogen) atoms. The number of carbonyl (C=O) groups is 3. The van der Waals surface area contributed by atoms with Gasteiger partial charge in [-0.05, 0) is 55.0 Å². The average Bonchev–Trinajstić information content (AvgIpc) is 2.72. The minimum atomic E-state index is -0.672. The van der Waals surface area contributed by atoms with Crippen LogP contribution >= 0.6 is 0 Å². The number of amides is 2. The fourth-order valence-corrected chi connectivity index (χ4v) is 2.44. The number of anilines is 1. The number of hydrogen-bond acceptors (Lipinski definition) is 5. The number of carbonyl (C=O) groups excluding carboxylic acids is 3. The van der Waals surface area contributed by atoms with Gasteiger partial charge in [-0.2, -0.15) is 0 Å². The molecule has 7 nitrogen and oxygen atoms in total. The van der Waals surface area contributed by atoms with Gasteiger partial charge >= 0.3 is 5.97 Å². The fraction of sp³-hybridized carbons (Fsp3) is 0.286. The lowest BCUT2D eigenvalue weighted by atomic mass is 10.2. The molecule has 0 aromatic heterocycles. The maximum atomic E-state index is 13.1. The third kappa shape index (κ3) is 6.91. The van der Waals surface area contributed by atoms with Crippen LogP contribution in [0.2, 0.25) is 0 Å². The topological polar surface area (TPSA) is 98.9 Å². The van der Waals surface area contributed by atoms with E-state index in [0.717, 1.165) is 6.42 Å². The third-order valence-electron chi connectivity index (χ3n) is 3.91. The summed E-state index contributed by atoms with van der Waals surface area (Å²) in [4.78, 5) is 37.0. The van der Waals surface area contributed by atoms with Gasteiger partial charge in [0.2, 0.25) is 5.91 Å². The van der Waals surface area contributed by atoms with Crippen LogP contribution in [-0.4, -0.2) is 37.5 Å². The van der Waals surface area contributed by atoms with Gasteiger partial charge in [0.25, 0.3) is 5.91 Å². The lowest BCUT2D eigenvalue weighted by Gasteiger charge is -2.22. The minimum Gasteiger partial charge on any atom is -0.494 e. The van der Waals surface area contributed by atoms with Gasteiger partial charge in [-0.25, -0.2) is 9.18 Å². The summed E-state index contributed by atoms with van der Waals surface area (Å²) in [5.74, 6) is -1.65. The van der Waals surface area contributed by atoms with Crippen molar-refractivity contribution in [2.24, 2.45) is 5.73 Å². The first-order valence-corrected chi connectivity index (χ1v) is 9.15. The zero-order valence-electron chi connectivity index (χ0n) is 16.1. The van der Waals surface area contributed by atoms with E-state index in [1.165, 1.54) is 29.2 Å². The van der Waals surface area contributed by atoms with Crippen molar-refractivity contribution in [3.63, 3.8) is 0 Å². The van der Waals surface area contributed by atoms with Gasteiger partial charge < -0.3 is 20.1 Å². The van der Waals surface area contributed by atoms with E-state index in [-0.39, 0.29) is 18.5 Å². The molecule has 0 aliphatic rings. The zero-order valence-corrected chi connectivity index (χ0v) is 16.1. The SMILES string of the molecule is CCCOc1ccc(C(=O)OCC(=O)N(CCC(N)=O)c2ccc(F)cc2)cc1. The summed E-state index contributed by atoms with van der Waals surface area (Å²) in [5, 5.41) is 0. The molecule has 2 amide bonds. The molecule has 0 radical (unpaired) electrons. The summed E-state index contributed by atoms with van der Waals surface area (Å²) in [6.07, 6.45) is 0.780. The first kappa shape index (κ1) is 21.9. The van der Waals surface area contributed by atoms with Crippen LogP contribution in [0.4, 0.5) is 10.1 Å². The number of benzene rings is 2. The Hall–Kier alpha value is -3.42. The van der Waals surface area contributed by atoms with Crippen molar-refractivity contribution in [1.82, 2.24) is 0 Å². The molecule has 0 heterocycles. The first-order chi connectivity index (χ1) is 13.9. The maximum absolute atomic E-state index is 13.1. The first-order valence-electron chi connectivity index (χ1n) is 9.15. The van der Waals surface area contributed by atoms with Gasteiger partial charge in [-0.1, -0.05) is 6.92 Å². The number of rotatable bonds is 10. The summed E-state index contributed by atoms with van der Waals surface area (Å²) >= 11 is 0. The third-order valence-corrected chi connectivity index (χ3v) is 3.91. The Morgan fingerprint density at radius 2 is 1.69 bits per heavy atom. The average molecular weight is 402 g/mol. The Kier molecular flexibility index (Phi) is 8.14. The van der Waals surface area contributed by atoms with E-state index >= 15 is 0 Å². The molecule has 0 aliphatic carbocycles. The predicted octanol–water partition coefficient (Wildman–Crippen LogP) is 2.68. The molecule has 2 aromatic rings. The molecule has 0 unspecified atom stereocenters. The maximum Gasteiger partial charge on any atom is 0.338 e. The molecular weight excluding hydrogens is 379 g/mol. The molecular formula is C21H23FN2O5. The lowest BCUT2D eigenvalue weighted by molar-refractivity contribution is -0.121. The van der Waals surface area contributed by atoms with Crippen LogP contribution in [0.25, 0.3) is 0 Å². The van der Waals surface area contributed by atoms with Gasteiger partial charge in [0.15, 0.2) is 6.61 Å². The molecule has 0 spiro atoms. The highest BCUT2D eigenvalue weighted by atomic mass is 19.1. The quantitative estimate of drug-likeness (QED) is 0.616. The van der Waals surface area contributed by atoms with Crippen LogP contribution in [0, 0.1) is 5.82 Å². The standard InChI is InChI=1S/C21H23FN2O5/c1-2-13-28-18-9-3-15(4-10-18)21(27)29-14-20(26)24(12-11-19(23)25)17-7-5-16(22)6-8-17/h3-10H,2,11-14H2,1H3,(H2,23,25). The van der Waals surface area contributed by atoms with Crippen molar-refractivity contribution in [3.05, 3.63) is 59.9 Å². The largest absolute Gasteiger partial charge is 0.494 e. The normalized spacial score (nSPS) is 10.3. The number of primary amides is 1. The van der Waals surface area contributed by atoms with E-state index in [4.69, 9.17) is 15.2 Å². The lowest BCUT2D eigenvalue weighted by Crippen LogP contribution is -2.37. The predicted molar refractivity (Wildman–Crippen MR) is 105 cm³/mol. The second-order valence-electron chi connectivity index (χ2n) is 6.19. The molecule has 2 aromatic carbocycles. The number of esters is 1. The molecule has 2 rings (SSSR count). The smallest absolute Gasteiger partial charge is 0.338 e. The number of ether oxygens (including phenoxy) is 2. The van der Waals surface area contributed by atoms with E-state index < -0.39 is 30.2 Å². The molecule has 0 bridgehead atoms. The van der Waals surface area contributed by atoms with Crippen molar-refractivity contribution in [3.8, 4) is 5.75 Å². The molecule has 0 aliphatic heterocycles. The Morgan fingerprint density at radius 1 is 1.03 bits per heavy atom.